The van der Waals surface area contributed by atoms with E-state index in [0.29, 0.717) is 0 Å². The van der Waals surface area contributed by atoms with Crippen LogP contribution in [0.3, 0.4) is 0 Å². The molecule has 2 rings (SSSR count). The number of anilines is 1. The fraction of sp³-hybridized carbons (Fsp3) is 0.412. The number of benzene rings is 1. The molecule has 0 saturated heterocycles. The highest BCUT2D eigenvalue weighted by molar-refractivity contribution is 5.88. The summed E-state index contributed by atoms with van der Waals surface area (Å²) in [6.45, 7) is 4.46. The van der Waals surface area contributed by atoms with Crippen LogP contribution in [-0.2, 0) is 11.3 Å². The summed E-state index contributed by atoms with van der Waals surface area (Å²) in [6, 6.07) is 7.48. The van der Waals surface area contributed by atoms with Crippen LogP contribution in [0.15, 0.2) is 43.0 Å². The molecule has 0 fully saturated rings. The van der Waals surface area contributed by atoms with Gasteiger partial charge in [0.2, 0.25) is 5.91 Å². The summed E-state index contributed by atoms with van der Waals surface area (Å²) < 4.78 is 8.12. The highest BCUT2D eigenvalue weighted by atomic mass is 16.5. The number of imidazole rings is 1. The van der Waals surface area contributed by atoms with Gasteiger partial charge in [-0.3, -0.25) is 4.79 Å². The smallest absolute Gasteiger partial charge is 0.221 e. The molecule has 0 aliphatic rings. The molecule has 0 bridgehead atoms. The number of hydrogen-bond acceptors (Lipinski definition) is 3. The zero-order chi connectivity index (χ0) is 15.8. The first kappa shape index (κ1) is 16.1. The van der Waals surface area contributed by atoms with Crippen molar-refractivity contribution in [1.29, 1.82) is 0 Å². The van der Waals surface area contributed by atoms with Crippen LogP contribution in [0.2, 0.25) is 0 Å². The molecule has 5 nitrogen and oxygen atoms in total. The molecule has 1 amide bonds. The number of unbranched alkanes of at least 4 members (excludes halogenated alkanes) is 1. The number of aromatic nitrogens is 2. The molecular weight excluding hydrogens is 278 g/mol. The van der Waals surface area contributed by atoms with Crippen LogP contribution in [0.25, 0.3) is 0 Å². The highest BCUT2D eigenvalue weighted by Gasteiger charge is 2.11. The molecule has 1 aromatic heterocycles. The second kappa shape index (κ2) is 8.22. The maximum atomic E-state index is 11.0. The summed E-state index contributed by atoms with van der Waals surface area (Å²) in [5, 5.41) is 2.75. The van der Waals surface area contributed by atoms with Crippen molar-refractivity contribution in [3.63, 3.8) is 0 Å². The maximum absolute atomic E-state index is 11.0. The standard InChI is InChI=1S/C17H23N3O2/c1-3-4-5-17(12-20-11-10-18-13-20)22-16-8-6-15(7-9-16)19-14(2)21/h6-11,13,17H,3-5,12H2,1-2H3,(H,19,21). The van der Waals surface area contributed by atoms with Crippen molar-refractivity contribution in [2.24, 2.45) is 0 Å². The van der Waals surface area contributed by atoms with Gasteiger partial charge in [0.1, 0.15) is 11.9 Å². The average Bonchev–Trinajstić information content (AvgIpc) is 2.99. The Labute approximate surface area is 131 Å². The Morgan fingerprint density at radius 2 is 2.14 bits per heavy atom. The zero-order valence-electron chi connectivity index (χ0n) is 13.2. The Balaban J connectivity index is 1.97. The maximum Gasteiger partial charge on any atom is 0.221 e. The minimum atomic E-state index is -0.0744. The highest BCUT2D eigenvalue weighted by Crippen LogP contribution is 2.19. The molecule has 0 spiro atoms. The quantitative estimate of drug-likeness (QED) is 0.812. The van der Waals surface area contributed by atoms with Crippen molar-refractivity contribution in [3.8, 4) is 5.75 Å². The van der Waals surface area contributed by atoms with E-state index in [4.69, 9.17) is 4.74 Å². The second-order valence-electron chi connectivity index (χ2n) is 5.35. The lowest BCUT2D eigenvalue weighted by Crippen LogP contribution is -2.22. The van der Waals surface area contributed by atoms with Crippen LogP contribution in [0.5, 0.6) is 5.75 Å². The predicted octanol–water partition coefficient (Wildman–Crippen LogP) is 3.48. The third kappa shape index (κ3) is 5.24. The van der Waals surface area contributed by atoms with E-state index in [-0.39, 0.29) is 12.0 Å². The number of rotatable bonds is 8. The van der Waals surface area contributed by atoms with Crippen LogP contribution in [0.1, 0.15) is 33.1 Å². The molecule has 1 atom stereocenters. The lowest BCUT2D eigenvalue weighted by atomic mass is 10.1. The fourth-order valence-electron chi connectivity index (χ4n) is 2.26. The van der Waals surface area contributed by atoms with Gasteiger partial charge in [0.15, 0.2) is 0 Å². The van der Waals surface area contributed by atoms with Gasteiger partial charge in [-0.2, -0.15) is 0 Å². The second-order valence-corrected chi connectivity index (χ2v) is 5.35. The van der Waals surface area contributed by atoms with Gasteiger partial charge in [0.25, 0.3) is 0 Å². The van der Waals surface area contributed by atoms with Gasteiger partial charge in [-0.1, -0.05) is 13.3 Å². The van der Waals surface area contributed by atoms with E-state index in [2.05, 4.69) is 17.2 Å². The molecule has 1 aromatic carbocycles. The van der Waals surface area contributed by atoms with Crippen molar-refractivity contribution in [2.75, 3.05) is 5.32 Å². The fourth-order valence-corrected chi connectivity index (χ4v) is 2.26. The molecule has 22 heavy (non-hydrogen) atoms. The Hall–Kier alpha value is -2.30. The Morgan fingerprint density at radius 3 is 2.73 bits per heavy atom. The van der Waals surface area contributed by atoms with E-state index in [1.165, 1.54) is 6.92 Å². The van der Waals surface area contributed by atoms with Crippen molar-refractivity contribution in [3.05, 3.63) is 43.0 Å². The molecule has 0 radical (unpaired) electrons. The van der Waals surface area contributed by atoms with E-state index in [1.54, 1.807) is 6.20 Å². The summed E-state index contributed by atoms with van der Waals surface area (Å²) in [5.74, 6) is 0.741. The molecule has 0 aliphatic heterocycles. The molecule has 5 heteroatoms. The summed E-state index contributed by atoms with van der Waals surface area (Å²) >= 11 is 0. The monoisotopic (exact) mass is 301 g/mol. The normalized spacial score (nSPS) is 11.9. The van der Waals surface area contributed by atoms with Crippen molar-refractivity contribution < 1.29 is 9.53 Å². The molecule has 0 aliphatic carbocycles. The number of carbonyl (C=O) groups excluding carboxylic acids is 1. The molecule has 1 unspecified atom stereocenters. The van der Waals surface area contributed by atoms with E-state index in [9.17, 15) is 4.79 Å². The van der Waals surface area contributed by atoms with Gasteiger partial charge < -0.3 is 14.6 Å². The van der Waals surface area contributed by atoms with E-state index >= 15 is 0 Å². The van der Waals surface area contributed by atoms with Crippen LogP contribution in [-0.4, -0.2) is 21.6 Å². The van der Waals surface area contributed by atoms with Gasteiger partial charge >= 0.3 is 0 Å². The summed E-state index contributed by atoms with van der Waals surface area (Å²) in [5.41, 5.74) is 0.777. The summed E-state index contributed by atoms with van der Waals surface area (Å²) in [7, 11) is 0. The van der Waals surface area contributed by atoms with Crippen LogP contribution in [0, 0.1) is 0 Å². The molecule has 2 aromatic rings. The molecular formula is C17H23N3O2. The Bertz CT molecular complexity index is 564. The summed E-state index contributed by atoms with van der Waals surface area (Å²) in [4.78, 5) is 15.1. The first-order valence-corrected chi connectivity index (χ1v) is 7.67. The van der Waals surface area contributed by atoms with Crippen molar-refractivity contribution in [1.82, 2.24) is 9.55 Å². The number of nitrogens with one attached hydrogen (secondary N) is 1. The van der Waals surface area contributed by atoms with Gasteiger partial charge in [0, 0.05) is 25.0 Å². The number of amides is 1. The van der Waals surface area contributed by atoms with E-state index in [1.807, 2.05) is 41.4 Å². The number of carbonyl (C=O) groups is 1. The zero-order valence-corrected chi connectivity index (χ0v) is 13.2. The van der Waals surface area contributed by atoms with Gasteiger partial charge in [0.05, 0.1) is 12.9 Å². The first-order valence-electron chi connectivity index (χ1n) is 7.67. The SMILES string of the molecule is CCCCC(Cn1ccnc1)Oc1ccc(NC(C)=O)cc1. The third-order valence-corrected chi connectivity index (χ3v) is 3.33. The minimum Gasteiger partial charge on any atom is -0.489 e. The van der Waals surface area contributed by atoms with E-state index in [0.717, 1.165) is 37.2 Å². The number of hydrogen-bond donors (Lipinski definition) is 1. The van der Waals surface area contributed by atoms with Gasteiger partial charge in [-0.25, -0.2) is 4.98 Å². The minimum absolute atomic E-state index is 0.0744. The van der Waals surface area contributed by atoms with Crippen LogP contribution >= 0.6 is 0 Å². The Kier molecular flexibility index (Phi) is 6.01. The topological polar surface area (TPSA) is 56.1 Å². The molecule has 1 N–H and O–H groups in total. The van der Waals surface area contributed by atoms with Crippen molar-refractivity contribution in [2.45, 2.75) is 45.8 Å². The molecule has 0 saturated carbocycles. The van der Waals surface area contributed by atoms with Crippen molar-refractivity contribution >= 4 is 11.6 Å². The lowest BCUT2D eigenvalue weighted by Gasteiger charge is -2.19. The van der Waals surface area contributed by atoms with Gasteiger partial charge in [-0.15, -0.1) is 0 Å². The van der Waals surface area contributed by atoms with Crippen LogP contribution < -0.4 is 10.1 Å². The van der Waals surface area contributed by atoms with E-state index < -0.39 is 0 Å². The predicted molar refractivity (Wildman–Crippen MR) is 86.9 cm³/mol. The Morgan fingerprint density at radius 1 is 1.36 bits per heavy atom. The lowest BCUT2D eigenvalue weighted by molar-refractivity contribution is -0.114. The molecule has 1 heterocycles. The van der Waals surface area contributed by atoms with Crippen LogP contribution in [0.4, 0.5) is 5.69 Å². The first-order chi connectivity index (χ1) is 10.7. The average molecular weight is 301 g/mol. The number of ether oxygens (including phenoxy) is 1. The summed E-state index contributed by atoms with van der Waals surface area (Å²) in [6.07, 6.45) is 8.92. The molecule has 118 valence electrons. The van der Waals surface area contributed by atoms with Gasteiger partial charge in [-0.05, 0) is 37.1 Å². The third-order valence-electron chi connectivity index (χ3n) is 3.33. The number of nitrogens with zero attached hydrogens (tertiary/aromatic N) is 2. The largest absolute Gasteiger partial charge is 0.489 e.